The van der Waals surface area contributed by atoms with E-state index in [0.717, 1.165) is 36.3 Å². The maximum atomic E-state index is 13.4. The zero-order valence-corrected chi connectivity index (χ0v) is 19.6. The van der Waals surface area contributed by atoms with E-state index in [-0.39, 0.29) is 5.91 Å². The second kappa shape index (κ2) is 9.09. The van der Waals surface area contributed by atoms with Crippen LogP contribution in [0.25, 0.3) is 0 Å². The third-order valence-electron chi connectivity index (χ3n) is 8.23. The van der Waals surface area contributed by atoms with Crippen LogP contribution in [-0.4, -0.2) is 30.9 Å². The van der Waals surface area contributed by atoms with Crippen molar-refractivity contribution >= 4 is 17.3 Å². The van der Waals surface area contributed by atoms with Crippen LogP contribution in [0.2, 0.25) is 0 Å². The van der Waals surface area contributed by atoms with Gasteiger partial charge in [0, 0.05) is 19.2 Å². The second-order valence-electron chi connectivity index (χ2n) is 11.2. The molecule has 4 nitrogen and oxygen atoms in total. The van der Waals surface area contributed by atoms with Crippen LogP contribution >= 0.6 is 0 Å². The van der Waals surface area contributed by atoms with Gasteiger partial charge in [-0.15, -0.1) is 0 Å². The Labute approximate surface area is 196 Å². The van der Waals surface area contributed by atoms with Crippen molar-refractivity contribution in [2.45, 2.75) is 44.9 Å². The Morgan fingerprint density at radius 1 is 1.21 bits per heavy atom. The molecule has 4 fully saturated rings. The fourth-order valence-corrected chi connectivity index (χ4v) is 7.44. The molecule has 1 unspecified atom stereocenters. The quantitative estimate of drug-likeness (QED) is 0.424. The molecular formula is C28H36FN3O. The van der Waals surface area contributed by atoms with Gasteiger partial charge in [0.1, 0.15) is 5.82 Å². The number of rotatable bonds is 7. The molecule has 5 aliphatic rings. The summed E-state index contributed by atoms with van der Waals surface area (Å²) in [5.74, 6) is 2.78. The minimum atomic E-state index is -0.430. The number of amides is 1. The van der Waals surface area contributed by atoms with Crippen molar-refractivity contribution in [1.29, 1.82) is 0 Å². The summed E-state index contributed by atoms with van der Waals surface area (Å²) in [6, 6.07) is 3.95. The summed E-state index contributed by atoms with van der Waals surface area (Å²) in [5, 5.41) is 2.64. The Hall–Kier alpha value is -2.40. The number of nitrogens with two attached hydrogens (primary N) is 1. The van der Waals surface area contributed by atoms with Gasteiger partial charge in [-0.25, -0.2) is 4.39 Å². The number of benzene rings is 1. The standard InChI is InChI=1S/C28H36FN3O/c1-32(18-28-14-21-10-22(15-28)12-23(11-21)16-28)17-20-4-2-19(3-5-20)6-9-27(33)31-26-13-24(29)7-8-25(26)30/h2-4,6-9,13,20-23H,5,10-12,14-18,30H2,1H3,(H,31,33)/b9-6+. The van der Waals surface area contributed by atoms with Crippen LogP contribution in [0.4, 0.5) is 15.8 Å². The average Bonchev–Trinajstić information content (AvgIpc) is 2.74. The number of nitrogens with zero attached hydrogens (tertiary/aromatic N) is 1. The number of hydrogen-bond acceptors (Lipinski definition) is 3. The van der Waals surface area contributed by atoms with Gasteiger partial charge in [-0.1, -0.05) is 18.2 Å². The molecule has 3 N–H and O–H groups in total. The number of nitrogen functional groups attached to an aromatic ring is 1. The van der Waals surface area contributed by atoms with Gasteiger partial charge in [-0.05, 0) is 111 Å². The molecule has 5 aliphatic carbocycles. The van der Waals surface area contributed by atoms with Crippen LogP contribution in [0.3, 0.4) is 0 Å². The summed E-state index contributed by atoms with van der Waals surface area (Å²) in [6.07, 6.45) is 19.7. The van der Waals surface area contributed by atoms with Gasteiger partial charge in [-0.2, -0.15) is 0 Å². The first-order chi connectivity index (χ1) is 15.9. The molecule has 1 aromatic rings. The highest BCUT2D eigenvalue weighted by atomic mass is 19.1. The number of halogens is 1. The van der Waals surface area contributed by atoms with Gasteiger partial charge in [0.25, 0.3) is 0 Å². The van der Waals surface area contributed by atoms with Crippen molar-refractivity contribution in [2.24, 2.45) is 29.1 Å². The Kier molecular flexibility index (Phi) is 6.17. The SMILES string of the molecule is CN(CC1C=CC(/C=C/C(=O)Nc2cc(F)ccc2N)=CC1)CC12CC3CC(CC(C3)C1)C2. The van der Waals surface area contributed by atoms with Gasteiger partial charge < -0.3 is 16.0 Å². The van der Waals surface area contributed by atoms with Gasteiger partial charge in [-0.3, -0.25) is 4.79 Å². The molecule has 1 aromatic carbocycles. The number of allylic oxidation sites excluding steroid dienone is 4. The minimum absolute atomic E-state index is 0.292. The van der Waals surface area contributed by atoms with Crippen LogP contribution in [0.15, 0.2) is 54.2 Å². The monoisotopic (exact) mass is 449 g/mol. The van der Waals surface area contributed by atoms with Crippen LogP contribution in [0, 0.1) is 34.9 Å². The predicted octanol–water partition coefficient (Wildman–Crippen LogP) is 5.55. The third kappa shape index (κ3) is 5.24. The fourth-order valence-electron chi connectivity index (χ4n) is 7.44. The van der Waals surface area contributed by atoms with Crippen LogP contribution < -0.4 is 11.1 Å². The van der Waals surface area contributed by atoms with E-state index in [4.69, 9.17) is 5.73 Å². The summed E-state index contributed by atoms with van der Waals surface area (Å²) in [7, 11) is 2.30. The molecule has 1 amide bonds. The summed E-state index contributed by atoms with van der Waals surface area (Å²) in [6.45, 7) is 2.34. The van der Waals surface area contributed by atoms with E-state index in [9.17, 15) is 9.18 Å². The van der Waals surface area contributed by atoms with Crippen molar-refractivity contribution in [3.8, 4) is 0 Å². The van der Waals surface area contributed by atoms with Crippen molar-refractivity contribution in [3.63, 3.8) is 0 Å². The molecule has 176 valence electrons. The van der Waals surface area contributed by atoms with E-state index in [1.54, 1.807) is 6.08 Å². The van der Waals surface area contributed by atoms with Gasteiger partial charge >= 0.3 is 0 Å². The molecular weight excluding hydrogens is 413 g/mol. The van der Waals surface area contributed by atoms with Crippen LogP contribution in [-0.2, 0) is 4.79 Å². The third-order valence-corrected chi connectivity index (χ3v) is 8.23. The largest absolute Gasteiger partial charge is 0.397 e. The molecule has 4 bridgehead atoms. The molecule has 33 heavy (non-hydrogen) atoms. The average molecular weight is 450 g/mol. The van der Waals surface area contributed by atoms with Crippen molar-refractivity contribution in [1.82, 2.24) is 4.90 Å². The minimum Gasteiger partial charge on any atom is -0.397 e. The molecule has 1 atom stereocenters. The molecule has 0 spiro atoms. The van der Waals surface area contributed by atoms with Gasteiger partial charge in [0.05, 0.1) is 11.4 Å². The highest BCUT2D eigenvalue weighted by molar-refractivity contribution is 6.01. The van der Waals surface area contributed by atoms with E-state index in [2.05, 4.69) is 35.5 Å². The number of nitrogens with one attached hydrogen (secondary N) is 1. The van der Waals surface area contributed by atoms with E-state index in [1.807, 2.05) is 0 Å². The smallest absolute Gasteiger partial charge is 0.248 e. The fraction of sp³-hybridized carbons (Fsp3) is 0.536. The van der Waals surface area contributed by atoms with E-state index in [0.29, 0.717) is 22.7 Å². The molecule has 0 saturated heterocycles. The first kappa shape index (κ1) is 22.4. The summed E-state index contributed by atoms with van der Waals surface area (Å²) < 4.78 is 13.4. The van der Waals surface area contributed by atoms with E-state index >= 15 is 0 Å². The molecule has 0 radical (unpaired) electrons. The highest BCUT2D eigenvalue weighted by Gasteiger charge is 2.51. The molecule has 0 heterocycles. The van der Waals surface area contributed by atoms with Gasteiger partial charge in [0.15, 0.2) is 0 Å². The summed E-state index contributed by atoms with van der Waals surface area (Å²) in [5.41, 5.74) is 8.04. The molecule has 5 heteroatoms. The number of carbonyl (C=O) groups is 1. The van der Waals surface area contributed by atoms with E-state index in [1.165, 1.54) is 69.3 Å². The lowest BCUT2D eigenvalue weighted by Gasteiger charge is -2.57. The maximum Gasteiger partial charge on any atom is 0.248 e. The van der Waals surface area contributed by atoms with Crippen LogP contribution in [0.5, 0.6) is 0 Å². The highest BCUT2D eigenvalue weighted by Crippen LogP contribution is 2.60. The molecule has 6 rings (SSSR count). The predicted molar refractivity (Wildman–Crippen MR) is 132 cm³/mol. The van der Waals surface area contributed by atoms with Gasteiger partial charge in [0.2, 0.25) is 5.91 Å². The van der Waals surface area contributed by atoms with Crippen molar-refractivity contribution in [3.05, 3.63) is 60.0 Å². The Bertz CT molecular complexity index is 960. The van der Waals surface area contributed by atoms with Crippen LogP contribution in [0.1, 0.15) is 44.9 Å². The number of carbonyl (C=O) groups excluding carboxylic acids is 1. The van der Waals surface area contributed by atoms with Crippen molar-refractivity contribution < 1.29 is 9.18 Å². The molecule has 4 saturated carbocycles. The Morgan fingerprint density at radius 3 is 2.55 bits per heavy atom. The topological polar surface area (TPSA) is 58.4 Å². The number of hydrogen-bond donors (Lipinski definition) is 2. The normalized spacial score (nSPS) is 32.5. The first-order valence-electron chi connectivity index (χ1n) is 12.5. The van der Waals surface area contributed by atoms with Crippen molar-refractivity contribution in [2.75, 3.05) is 31.2 Å². The zero-order valence-electron chi connectivity index (χ0n) is 19.6. The van der Waals surface area contributed by atoms with E-state index < -0.39 is 5.82 Å². The summed E-state index contributed by atoms with van der Waals surface area (Å²) in [4.78, 5) is 14.8. The Morgan fingerprint density at radius 2 is 1.91 bits per heavy atom. The maximum absolute atomic E-state index is 13.4. The summed E-state index contributed by atoms with van der Waals surface area (Å²) >= 11 is 0. The first-order valence-corrected chi connectivity index (χ1v) is 12.5. The Balaban J connectivity index is 1.10. The zero-order chi connectivity index (χ0) is 23.0. The lowest BCUT2D eigenvalue weighted by Crippen LogP contribution is -2.51. The molecule has 0 aliphatic heterocycles. The lowest BCUT2D eigenvalue weighted by atomic mass is 9.49. The lowest BCUT2D eigenvalue weighted by molar-refractivity contribution is -0.111. The molecule has 0 aromatic heterocycles. The number of anilines is 2. The second-order valence-corrected chi connectivity index (χ2v) is 11.2.